The van der Waals surface area contributed by atoms with E-state index in [-0.39, 0.29) is 0 Å². The molecule has 2 rings (SSSR count). The lowest BCUT2D eigenvalue weighted by Gasteiger charge is -2.25. The van der Waals surface area contributed by atoms with Gasteiger partial charge in [0.2, 0.25) is 0 Å². The van der Waals surface area contributed by atoms with Gasteiger partial charge in [-0.2, -0.15) is 0 Å². The molecule has 1 aromatic rings. The van der Waals surface area contributed by atoms with Gasteiger partial charge in [0.05, 0.1) is 6.61 Å². The third-order valence-electron chi connectivity index (χ3n) is 5.03. The highest BCUT2D eigenvalue weighted by Gasteiger charge is 2.23. The number of ether oxygens (including phenoxy) is 1. The number of rotatable bonds is 8. The van der Waals surface area contributed by atoms with Gasteiger partial charge in [0, 0.05) is 39.8 Å². The quantitative estimate of drug-likeness (QED) is 0.560. The summed E-state index contributed by atoms with van der Waals surface area (Å²) in [4.78, 5) is 6.88. The minimum atomic E-state index is 0.448. The van der Waals surface area contributed by atoms with Crippen molar-refractivity contribution in [2.75, 3.05) is 46.9 Å². The third-order valence-corrected chi connectivity index (χ3v) is 5.03. The predicted molar refractivity (Wildman–Crippen MR) is 105 cm³/mol. The van der Waals surface area contributed by atoms with E-state index in [9.17, 15) is 0 Å². The lowest BCUT2D eigenvalue weighted by atomic mass is 10.0. The molecule has 0 aliphatic carbocycles. The Labute approximate surface area is 152 Å². The van der Waals surface area contributed by atoms with Crippen molar-refractivity contribution in [1.82, 2.24) is 15.5 Å². The Kier molecular flexibility index (Phi) is 8.22. The number of hydrogen-bond acceptors (Lipinski definition) is 3. The molecule has 2 unspecified atom stereocenters. The van der Waals surface area contributed by atoms with Gasteiger partial charge >= 0.3 is 0 Å². The number of aliphatic imine (C=N–C) groups is 1. The Morgan fingerprint density at radius 2 is 2.08 bits per heavy atom. The zero-order valence-corrected chi connectivity index (χ0v) is 16.2. The summed E-state index contributed by atoms with van der Waals surface area (Å²) in [7, 11) is 3.60. The van der Waals surface area contributed by atoms with Crippen LogP contribution in [0.4, 0.5) is 0 Å². The fraction of sp³-hybridized carbons (Fsp3) is 0.650. The second kappa shape index (κ2) is 10.4. The smallest absolute Gasteiger partial charge is 0.191 e. The van der Waals surface area contributed by atoms with Gasteiger partial charge in [-0.3, -0.25) is 9.89 Å². The maximum Gasteiger partial charge on any atom is 0.191 e. The van der Waals surface area contributed by atoms with Crippen LogP contribution in [0.5, 0.6) is 0 Å². The lowest BCUT2D eigenvalue weighted by molar-refractivity contribution is 0.141. The van der Waals surface area contributed by atoms with Gasteiger partial charge in [-0.05, 0) is 37.8 Å². The molecule has 0 amide bonds. The van der Waals surface area contributed by atoms with Crippen molar-refractivity contribution >= 4 is 5.96 Å². The third kappa shape index (κ3) is 6.33. The number of methoxy groups -OCH3 is 1. The van der Waals surface area contributed by atoms with Crippen LogP contribution < -0.4 is 10.6 Å². The Hall–Kier alpha value is -1.59. The topological polar surface area (TPSA) is 48.9 Å². The van der Waals surface area contributed by atoms with E-state index < -0.39 is 0 Å². The van der Waals surface area contributed by atoms with Gasteiger partial charge in [0.1, 0.15) is 0 Å². The highest BCUT2D eigenvalue weighted by molar-refractivity contribution is 5.79. The maximum atomic E-state index is 5.21. The van der Waals surface area contributed by atoms with Gasteiger partial charge in [-0.25, -0.2) is 0 Å². The van der Waals surface area contributed by atoms with Crippen LogP contribution in [0.2, 0.25) is 0 Å². The average molecular weight is 347 g/mol. The Morgan fingerprint density at radius 1 is 1.32 bits per heavy atom. The first-order chi connectivity index (χ1) is 12.1. The molecular weight excluding hydrogens is 312 g/mol. The SMILES string of the molecule is CN=C(NCC(C)c1ccc(C)cc1)NCC1CCCN1CCOC. The van der Waals surface area contributed by atoms with Crippen molar-refractivity contribution in [2.24, 2.45) is 4.99 Å². The van der Waals surface area contributed by atoms with Gasteiger partial charge in [0.25, 0.3) is 0 Å². The average Bonchev–Trinajstić information content (AvgIpc) is 3.07. The summed E-state index contributed by atoms with van der Waals surface area (Å²) in [5.41, 5.74) is 2.66. The minimum absolute atomic E-state index is 0.448. The monoisotopic (exact) mass is 346 g/mol. The number of likely N-dealkylation sites (tertiary alicyclic amines) is 1. The number of aryl methyl sites for hydroxylation is 1. The van der Waals surface area contributed by atoms with E-state index in [1.807, 2.05) is 7.05 Å². The summed E-state index contributed by atoms with van der Waals surface area (Å²) in [6, 6.07) is 9.35. The Balaban J connectivity index is 1.75. The summed E-state index contributed by atoms with van der Waals surface area (Å²) >= 11 is 0. The molecule has 1 aliphatic heterocycles. The number of benzene rings is 1. The van der Waals surface area contributed by atoms with Crippen LogP contribution in [0.1, 0.15) is 36.8 Å². The fourth-order valence-corrected chi connectivity index (χ4v) is 3.33. The molecule has 2 N–H and O–H groups in total. The minimum Gasteiger partial charge on any atom is -0.383 e. The first-order valence-electron chi connectivity index (χ1n) is 9.38. The first-order valence-corrected chi connectivity index (χ1v) is 9.38. The van der Waals surface area contributed by atoms with Gasteiger partial charge in [-0.1, -0.05) is 36.8 Å². The highest BCUT2D eigenvalue weighted by Crippen LogP contribution is 2.16. The summed E-state index contributed by atoms with van der Waals surface area (Å²) < 4.78 is 5.21. The maximum absolute atomic E-state index is 5.21. The second-order valence-corrected chi connectivity index (χ2v) is 6.97. The molecule has 1 aromatic carbocycles. The molecule has 1 fully saturated rings. The van der Waals surface area contributed by atoms with Crippen LogP contribution in [-0.2, 0) is 4.74 Å². The van der Waals surface area contributed by atoms with E-state index in [0.717, 1.165) is 32.2 Å². The molecule has 5 nitrogen and oxygen atoms in total. The molecule has 0 saturated carbocycles. The van der Waals surface area contributed by atoms with Gasteiger partial charge in [0.15, 0.2) is 5.96 Å². The van der Waals surface area contributed by atoms with E-state index >= 15 is 0 Å². The van der Waals surface area contributed by atoms with E-state index in [0.29, 0.717) is 12.0 Å². The van der Waals surface area contributed by atoms with Crippen molar-refractivity contribution < 1.29 is 4.74 Å². The van der Waals surface area contributed by atoms with Gasteiger partial charge < -0.3 is 15.4 Å². The molecule has 0 bridgehead atoms. The zero-order chi connectivity index (χ0) is 18.1. The lowest BCUT2D eigenvalue weighted by Crippen LogP contribution is -2.46. The number of nitrogens with zero attached hydrogens (tertiary/aromatic N) is 2. The van der Waals surface area contributed by atoms with E-state index in [2.05, 4.69) is 58.6 Å². The fourth-order valence-electron chi connectivity index (χ4n) is 3.33. The molecule has 25 heavy (non-hydrogen) atoms. The molecule has 1 aliphatic rings. The van der Waals surface area contributed by atoms with Crippen molar-refractivity contribution in [3.63, 3.8) is 0 Å². The molecule has 0 spiro atoms. The number of nitrogens with one attached hydrogen (secondary N) is 2. The van der Waals surface area contributed by atoms with Crippen molar-refractivity contribution in [3.8, 4) is 0 Å². The summed E-state index contributed by atoms with van der Waals surface area (Å²) in [5, 5.41) is 6.95. The van der Waals surface area contributed by atoms with Crippen LogP contribution in [0, 0.1) is 6.92 Å². The van der Waals surface area contributed by atoms with E-state index in [4.69, 9.17) is 4.74 Å². The molecule has 0 radical (unpaired) electrons. The van der Waals surface area contributed by atoms with E-state index in [1.54, 1.807) is 7.11 Å². The molecule has 2 atom stereocenters. The van der Waals surface area contributed by atoms with Crippen LogP contribution in [0.15, 0.2) is 29.3 Å². The molecule has 1 heterocycles. The largest absolute Gasteiger partial charge is 0.383 e. The van der Waals surface area contributed by atoms with Crippen LogP contribution >= 0.6 is 0 Å². The number of guanidine groups is 1. The van der Waals surface area contributed by atoms with Crippen LogP contribution in [-0.4, -0.2) is 63.8 Å². The van der Waals surface area contributed by atoms with Crippen molar-refractivity contribution in [2.45, 2.75) is 38.6 Å². The number of hydrogen-bond donors (Lipinski definition) is 2. The van der Waals surface area contributed by atoms with Crippen molar-refractivity contribution in [1.29, 1.82) is 0 Å². The summed E-state index contributed by atoms with van der Waals surface area (Å²) in [6.07, 6.45) is 2.51. The second-order valence-electron chi connectivity index (χ2n) is 6.97. The first kappa shape index (κ1) is 19.7. The summed E-state index contributed by atoms with van der Waals surface area (Å²) in [5.74, 6) is 1.33. The highest BCUT2D eigenvalue weighted by atomic mass is 16.5. The Bertz CT molecular complexity index is 529. The normalized spacial score (nSPS) is 19.8. The molecular formula is C20H34N4O. The van der Waals surface area contributed by atoms with Crippen LogP contribution in [0.3, 0.4) is 0 Å². The predicted octanol–water partition coefficient (Wildman–Crippen LogP) is 2.37. The molecule has 1 saturated heterocycles. The standard InChI is InChI=1S/C20H34N4O/c1-16-7-9-18(10-8-16)17(2)14-22-20(21-3)23-15-19-6-5-11-24(19)12-13-25-4/h7-10,17,19H,5-6,11-15H2,1-4H3,(H2,21,22,23). The molecule has 140 valence electrons. The zero-order valence-electron chi connectivity index (χ0n) is 16.2. The Morgan fingerprint density at radius 3 is 2.76 bits per heavy atom. The summed E-state index contributed by atoms with van der Waals surface area (Å²) in [6.45, 7) is 9.16. The van der Waals surface area contributed by atoms with Crippen LogP contribution in [0.25, 0.3) is 0 Å². The van der Waals surface area contributed by atoms with E-state index in [1.165, 1.54) is 30.5 Å². The molecule has 0 aromatic heterocycles. The van der Waals surface area contributed by atoms with Crippen molar-refractivity contribution in [3.05, 3.63) is 35.4 Å². The van der Waals surface area contributed by atoms with Gasteiger partial charge in [-0.15, -0.1) is 0 Å². The molecule has 5 heteroatoms.